The smallest absolute Gasteiger partial charge is 0.283 e. The maximum absolute atomic E-state index is 13.0. The number of hydrogen-bond acceptors (Lipinski definition) is 5. The number of fused-ring (bicyclic) bond motifs is 1. The minimum absolute atomic E-state index is 0.0282. The second kappa shape index (κ2) is 9.75. The Kier molecular flexibility index (Phi) is 7.10. The molecule has 158 valence electrons. The summed E-state index contributed by atoms with van der Waals surface area (Å²) in [4.78, 5) is 37.5. The van der Waals surface area contributed by atoms with Crippen molar-refractivity contribution in [3.8, 4) is 0 Å². The van der Waals surface area contributed by atoms with E-state index >= 15 is 0 Å². The van der Waals surface area contributed by atoms with Gasteiger partial charge in [-0.3, -0.25) is 19.7 Å². The van der Waals surface area contributed by atoms with Gasteiger partial charge in [0.2, 0.25) is 11.8 Å². The van der Waals surface area contributed by atoms with E-state index < -0.39 is 10.8 Å². The summed E-state index contributed by atoms with van der Waals surface area (Å²) >= 11 is 1.12. The van der Waals surface area contributed by atoms with Crippen LogP contribution in [0, 0.1) is 10.1 Å². The molecule has 30 heavy (non-hydrogen) atoms. The third kappa shape index (κ3) is 4.99. The summed E-state index contributed by atoms with van der Waals surface area (Å²) in [6.07, 6.45) is 3.55. The Morgan fingerprint density at radius 1 is 1.23 bits per heavy atom. The lowest BCUT2D eigenvalue weighted by atomic mass is 9.87. The number of rotatable bonds is 8. The molecule has 1 aliphatic rings. The number of carbonyl (C=O) groups excluding carboxylic acids is 2. The van der Waals surface area contributed by atoms with Crippen LogP contribution in [0.4, 0.5) is 5.69 Å². The number of amides is 2. The first kappa shape index (κ1) is 21.8. The number of primary amides is 1. The van der Waals surface area contributed by atoms with Crippen LogP contribution in [0.2, 0.25) is 0 Å². The minimum Gasteiger partial charge on any atom is -0.366 e. The predicted molar refractivity (Wildman–Crippen MR) is 117 cm³/mol. The average Bonchev–Trinajstić information content (AvgIpc) is 2.75. The highest BCUT2D eigenvalue weighted by atomic mass is 32.2. The van der Waals surface area contributed by atoms with Crippen LogP contribution in [-0.2, 0) is 17.6 Å². The Morgan fingerprint density at radius 2 is 1.97 bits per heavy atom. The van der Waals surface area contributed by atoms with Crippen molar-refractivity contribution in [3.63, 3.8) is 0 Å². The summed E-state index contributed by atoms with van der Waals surface area (Å²) in [5.74, 6) is -0.647. The lowest BCUT2D eigenvalue weighted by Gasteiger charge is -2.35. The van der Waals surface area contributed by atoms with E-state index in [4.69, 9.17) is 5.73 Å². The number of aryl methyl sites for hydroxylation is 1. The first-order valence-corrected chi connectivity index (χ1v) is 11.0. The zero-order valence-corrected chi connectivity index (χ0v) is 17.7. The highest BCUT2D eigenvalue weighted by Gasteiger charge is 2.27. The molecule has 0 unspecified atom stereocenters. The maximum Gasteiger partial charge on any atom is 0.283 e. The molecular formula is C22H25N3O4S. The monoisotopic (exact) mass is 427 g/mol. The van der Waals surface area contributed by atoms with Crippen molar-refractivity contribution in [2.24, 2.45) is 5.73 Å². The number of nitrogens with zero attached hydrogens (tertiary/aromatic N) is 2. The van der Waals surface area contributed by atoms with E-state index in [0.717, 1.165) is 43.5 Å². The molecule has 8 heteroatoms. The van der Waals surface area contributed by atoms with Gasteiger partial charge in [-0.15, -0.1) is 11.8 Å². The first-order valence-electron chi connectivity index (χ1n) is 9.98. The maximum atomic E-state index is 13.0. The van der Waals surface area contributed by atoms with Gasteiger partial charge in [0, 0.05) is 24.2 Å². The molecule has 0 fully saturated rings. The number of carbonyl (C=O) groups is 2. The second-order valence-corrected chi connectivity index (χ2v) is 8.36. The molecule has 0 radical (unpaired) electrons. The fourth-order valence-electron chi connectivity index (χ4n) is 3.85. The summed E-state index contributed by atoms with van der Waals surface area (Å²) in [5, 5.41) is 11.4. The molecule has 2 aromatic rings. The van der Waals surface area contributed by atoms with Crippen molar-refractivity contribution >= 4 is 29.3 Å². The zero-order chi connectivity index (χ0) is 21.7. The molecule has 2 N–H and O–H groups in total. The zero-order valence-electron chi connectivity index (χ0n) is 16.9. The fourth-order valence-corrected chi connectivity index (χ4v) is 4.74. The van der Waals surface area contributed by atoms with E-state index in [-0.39, 0.29) is 29.0 Å². The highest BCUT2D eigenvalue weighted by Crippen LogP contribution is 2.31. The largest absolute Gasteiger partial charge is 0.366 e. The standard InChI is InChI=1S/C22H25N3O4S/c1-2-11-24(18-9-7-15-5-3-4-6-16(15)12-18)21(26)14-30-20-10-8-17(22(23)27)13-19(20)25(28)29/h3-6,8,10,13,18H,2,7,9,11-12,14H2,1H3,(H2,23,27)/t18-/m0/s1. The van der Waals surface area contributed by atoms with Gasteiger partial charge in [-0.1, -0.05) is 31.2 Å². The lowest BCUT2D eigenvalue weighted by molar-refractivity contribution is -0.387. The van der Waals surface area contributed by atoms with Gasteiger partial charge < -0.3 is 10.6 Å². The van der Waals surface area contributed by atoms with Crippen LogP contribution in [0.5, 0.6) is 0 Å². The third-order valence-corrected chi connectivity index (χ3v) is 6.39. The van der Waals surface area contributed by atoms with Crippen molar-refractivity contribution in [3.05, 3.63) is 69.3 Å². The molecule has 0 saturated heterocycles. The van der Waals surface area contributed by atoms with Crippen LogP contribution < -0.4 is 5.73 Å². The summed E-state index contributed by atoms with van der Waals surface area (Å²) < 4.78 is 0. The molecule has 0 spiro atoms. The molecule has 3 rings (SSSR count). The lowest BCUT2D eigenvalue weighted by Crippen LogP contribution is -2.44. The van der Waals surface area contributed by atoms with E-state index in [1.807, 2.05) is 24.0 Å². The highest BCUT2D eigenvalue weighted by molar-refractivity contribution is 8.00. The van der Waals surface area contributed by atoms with Crippen molar-refractivity contribution in [2.75, 3.05) is 12.3 Å². The van der Waals surface area contributed by atoms with Gasteiger partial charge >= 0.3 is 0 Å². The second-order valence-electron chi connectivity index (χ2n) is 7.35. The molecule has 0 heterocycles. The first-order chi connectivity index (χ1) is 14.4. The molecule has 1 atom stereocenters. The molecule has 2 amide bonds. The van der Waals surface area contributed by atoms with Crippen LogP contribution in [0.15, 0.2) is 47.4 Å². The quantitative estimate of drug-likeness (QED) is 0.394. The van der Waals surface area contributed by atoms with Gasteiger partial charge in [0.1, 0.15) is 0 Å². The van der Waals surface area contributed by atoms with Gasteiger partial charge in [-0.05, 0) is 48.9 Å². The topological polar surface area (TPSA) is 107 Å². The summed E-state index contributed by atoms with van der Waals surface area (Å²) in [6, 6.07) is 12.6. The number of nitrogens with two attached hydrogens (primary N) is 1. The Hall–Kier alpha value is -2.87. The molecule has 2 aromatic carbocycles. The number of benzene rings is 2. The average molecular weight is 428 g/mol. The van der Waals surface area contributed by atoms with Crippen molar-refractivity contribution in [2.45, 2.75) is 43.5 Å². The van der Waals surface area contributed by atoms with Gasteiger partial charge in [0.15, 0.2) is 0 Å². The summed E-state index contributed by atoms with van der Waals surface area (Å²) in [7, 11) is 0. The number of hydrogen-bond donors (Lipinski definition) is 1. The van der Waals surface area contributed by atoms with Crippen molar-refractivity contribution in [1.82, 2.24) is 4.90 Å². The minimum atomic E-state index is -0.725. The fraction of sp³-hybridized carbons (Fsp3) is 0.364. The Bertz CT molecular complexity index is 963. The summed E-state index contributed by atoms with van der Waals surface area (Å²) in [5.41, 5.74) is 7.71. The molecule has 0 bridgehead atoms. The molecule has 0 aromatic heterocycles. The van der Waals surface area contributed by atoms with E-state index in [0.29, 0.717) is 11.4 Å². The van der Waals surface area contributed by atoms with Crippen LogP contribution in [0.25, 0.3) is 0 Å². The van der Waals surface area contributed by atoms with Gasteiger partial charge in [0.25, 0.3) is 5.69 Å². The summed E-state index contributed by atoms with van der Waals surface area (Å²) in [6.45, 7) is 2.70. The van der Waals surface area contributed by atoms with Crippen LogP contribution in [-0.4, -0.2) is 40.0 Å². The number of nitro groups is 1. The van der Waals surface area contributed by atoms with Gasteiger partial charge in [-0.2, -0.15) is 0 Å². The Morgan fingerprint density at radius 3 is 2.63 bits per heavy atom. The predicted octanol–water partition coefficient (Wildman–Crippen LogP) is 3.58. The van der Waals surface area contributed by atoms with Crippen molar-refractivity contribution in [1.29, 1.82) is 0 Å². The molecule has 0 aliphatic heterocycles. The van der Waals surface area contributed by atoms with Crippen LogP contribution >= 0.6 is 11.8 Å². The Labute approximate surface area is 179 Å². The molecular weight excluding hydrogens is 402 g/mol. The third-order valence-electron chi connectivity index (χ3n) is 5.34. The van der Waals surface area contributed by atoms with E-state index in [2.05, 4.69) is 12.1 Å². The van der Waals surface area contributed by atoms with Crippen molar-refractivity contribution < 1.29 is 14.5 Å². The molecule has 7 nitrogen and oxygen atoms in total. The molecule has 0 saturated carbocycles. The van der Waals surface area contributed by atoms with E-state index in [1.165, 1.54) is 23.3 Å². The Balaban J connectivity index is 1.72. The van der Waals surface area contributed by atoms with E-state index in [9.17, 15) is 19.7 Å². The van der Waals surface area contributed by atoms with Gasteiger partial charge in [0.05, 0.1) is 15.6 Å². The number of thioether (sulfide) groups is 1. The van der Waals surface area contributed by atoms with Crippen LogP contribution in [0.1, 0.15) is 41.3 Å². The normalized spacial score (nSPS) is 15.3. The number of nitro benzene ring substituents is 1. The van der Waals surface area contributed by atoms with Gasteiger partial charge in [-0.25, -0.2) is 0 Å². The molecule has 1 aliphatic carbocycles. The SMILES string of the molecule is CCCN(C(=O)CSc1ccc(C(N)=O)cc1[N+](=O)[O-])[C@H]1CCc2ccccc2C1. The van der Waals surface area contributed by atoms with E-state index in [1.54, 1.807) is 0 Å². The van der Waals surface area contributed by atoms with Crippen LogP contribution in [0.3, 0.4) is 0 Å².